The smallest absolute Gasteiger partial charge is 0.333 e. The van der Waals surface area contributed by atoms with Gasteiger partial charge in [0.2, 0.25) is 0 Å². The Hall–Kier alpha value is -2.23. The number of rotatable bonds is 5. The maximum Gasteiger partial charge on any atom is 0.333 e. The Morgan fingerprint density at radius 2 is 1.48 bits per heavy atom. The highest BCUT2D eigenvalue weighted by Crippen LogP contribution is 2.39. The molecule has 0 saturated heterocycles. The van der Waals surface area contributed by atoms with Crippen molar-refractivity contribution >= 4 is 5.97 Å². The summed E-state index contributed by atoms with van der Waals surface area (Å²) in [5.74, 6) is 0.0784. The third-order valence-electron chi connectivity index (χ3n) is 4.31. The van der Waals surface area contributed by atoms with Gasteiger partial charge in [0.05, 0.1) is 12.4 Å². The largest absolute Gasteiger partial charge is 0.513 e. The van der Waals surface area contributed by atoms with Crippen molar-refractivity contribution < 1.29 is 19.7 Å². The number of phenolic OH excluding ortho intramolecular Hbond substituents is 1. The van der Waals surface area contributed by atoms with Gasteiger partial charge in [-0.25, -0.2) is 4.79 Å². The van der Waals surface area contributed by atoms with E-state index in [0.717, 1.165) is 16.7 Å². The molecule has 0 atom stereocenters. The van der Waals surface area contributed by atoms with E-state index in [1.165, 1.54) is 12.2 Å². The van der Waals surface area contributed by atoms with Gasteiger partial charge in [-0.1, -0.05) is 53.7 Å². The molecule has 0 radical (unpaired) electrons. The van der Waals surface area contributed by atoms with Gasteiger partial charge in [0.15, 0.2) is 0 Å². The minimum absolute atomic E-state index is 0.135. The minimum Gasteiger partial charge on any atom is -0.513 e. The zero-order valence-corrected chi connectivity index (χ0v) is 17.9. The summed E-state index contributed by atoms with van der Waals surface area (Å²) in [6.07, 6.45) is 3.57. The zero-order chi connectivity index (χ0) is 21.0. The second-order valence-corrected chi connectivity index (χ2v) is 9.08. The van der Waals surface area contributed by atoms with Gasteiger partial charge < -0.3 is 14.9 Å². The minimum atomic E-state index is -0.404. The number of carbonyl (C=O) groups excluding carboxylic acids is 1. The van der Waals surface area contributed by atoms with Crippen LogP contribution >= 0.6 is 0 Å². The first kappa shape index (κ1) is 22.8. The average Bonchev–Trinajstić information content (AvgIpc) is 2.51. The number of esters is 1. The number of aromatic hydroxyl groups is 1. The number of allylic oxidation sites excluding steroid dienone is 3. The molecule has 27 heavy (non-hydrogen) atoms. The molecule has 0 heterocycles. The van der Waals surface area contributed by atoms with Crippen LogP contribution in [-0.2, 0) is 26.8 Å². The van der Waals surface area contributed by atoms with Crippen LogP contribution < -0.4 is 0 Å². The lowest BCUT2D eigenvalue weighted by Crippen LogP contribution is -2.18. The average molecular weight is 375 g/mol. The highest BCUT2D eigenvalue weighted by molar-refractivity contribution is 5.88. The molecular weight excluding hydrogens is 340 g/mol. The second kappa shape index (κ2) is 8.64. The summed E-state index contributed by atoms with van der Waals surface area (Å²) in [6.45, 7) is 15.9. The number of hydrogen-bond acceptors (Lipinski definition) is 4. The Labute approximate surface area is 163 Å². The van der Waals surface area contributed by atoms with Gasteiger partial charge >= 0.3 is 5.97 Å². The Kier molecular flexibility index (Phi) is 7.30. The molecule has 0 aliphatic rings. The van der Waals surface area contributed by atoms with Crippen LogP contribution in [0.15, 0.2) is 35.6 Å². The fourth-order valence-corrected chi connectivity index (χ4v) is 2.67. The molecule has 0 amide bonds. The van der Waals surface area contributed by atoms with E-state index >= 15 is 0 Å². The van der Waals surface area contributed by atoms with Gasteiger partial charge in [-0.2, -0.15) is 0 Å². The van der Waals surface area contributed by atoms with Crippen LogP contribution in [0.2, 0.25) is 0 Å². The predicted molar refractivity (Wildman–Crippen MR) is 110 cm³/mol. The molecule has 0 aliphatic carbocycles. The fourth-order valence-electron chi connectivity index (χ4n) is 2.67. The van der Waals surface area contributed by atoms with E-state index in [0.29, 0.717) is 17.7 Å². The van der Waals surface area contributed by atoms with Crippen molar-refractivity contribution in [3.63, 3.8) is 0 Å². The molecule has 1 aromatic rings. The van der Waals surface area contributed by atoms with E-state index in [4.69, 9.17) is 9.84 Å². The third-order valence-corrected chi connectivity index (χ3v) is 4.31. The molecule has 2 N–H and O–H groups in total. The third kappa shape index (κ3) is 6.78. The van der Waals surface area contributed by atoms with Crippen LogP contribution in [0.25, 0.3) is 0 Å². The second-order valence-electron chi connectivity index (χ2n) is 9.08. The molecule has 4 nitrogen and oxygen atoms in total. The lowest BCUT2D eigenvalue weighted by Gasteiger charge is -2.28. The van der Waals surface area contributed by atoms with Crippen molar-refractivity contribution in [1.29, 1.82) is 0 Å². The van der Waals surface area contributed by atoms with Crippen LogP contribution in [0.3, 0.4) is 0 Å². The molecule has 0 fully saturated rings. The van der Waals surface area contributed by atoms with Crippen LogP contribution in [-0.4, -0.2) is 22.8 Å². The number of aliphatic hydroxyl groups is 1. The maximum atomic E-state index is 12.0. The summed E-state index contributed by atoms with van der Waals surface area (Å²) in [5, 5.41) is 19.9. The highest BCUT2D eigenvalue weighted by atomic mass is 16.5. The van der Waals surface area contributed by atoms with Gasteiger partial charge in [0, 0.05) is 12.0 Å². The monoisotopic (exact) mass is 374 g/mol. The van der Waals surface area contributed by atoms with Gasteiger partial charge in [-0.15, -0.1) is 0 Å². The summed E-state index contributed by atoms with van der Waals surface area (Å²) < 4.78 is 5.34. The summed E-state index contributed by atoms with van der Waals surface area (Å²) >= 11 is 0. The first-order valence-corrected chi connectivity index (χ1v) is 9.31. The summed E-state index contributed by atoms with van der Waals surface area (Å²) in [7, 11) is 0. The molecule has 0 bridgehead atoms. The SMILES string of the molecule is C/C(O)=C\C=C(/C)C(=O)OCCc1cc(C(C)(C)C)c(O)c(C(C)(C)C)c1. The number of aliphatic hydroxyl groups excluding tert-OH is 1. The molecule has 0 aliphatic heterocycles. The Morgan fingerprint density at radius 1 is 1.00 bits per heavy atom. The summed E-state index contributed by atoms with van der Waals surface area (Å²) in [5.41, 5.74) is 2.88. The van der Waals surface area contributed by atoms with Gasteiger partial charge in [-0.3, -0.25) is 0 Å². The molecule has 1 aromatic carbocycles. The Bertz CT molecular complexity index is 702. The molecule has 0 aromatic heterocycles. The predicted octanol–water partition coefficient (Wildman–Crippen LogP) is 5.48. The number of benzene rings is 1. The molecule has 4 heteroatoms. The molecule has 1 rings (SSSR count). The molecular formula is C23H34O4. The Morgan fingerprint density at radius 3 is 1.89 bits per heavy atom. The number of carbonyl (C=O) groups is 1. The zero-order valence-electron chi connectivity index (χ0n) is 17.9. The van der Waals surface area contributed by atoms with E-state index in [1.807, 2.05) is 12.1 Å². The van der Waals surface area contributed by atoms with E-state index in [9.17, 15) is 9.90 Å². The lowest BCUT2D eigenvalue weighted by molar-refractivity contribution is -0.138. The van der Waals surface area contributed by atoms with Gasteiger partial charge in [0.1, 0.15) is 5.75 Å². The quantitative estimate of drug-likeness (QED) is 0.310. The lowest BCUT2D eigenvalue weighted by atomic mass is 9.78. The number of phenols is 1. The van der Waals surface area contributed by atoms with Crippen LogP contribution in [0.1, 0.15) is 72.1 Å². The first-order chi connectivity index (χ1) is 12.2. The van der Waals surface area contributed by atoms with Crippen LogP contribution in [0, 0.1) is 0 Å². The van der Waals surface area contributed by atoms with Crippen molar-refractivity contribution in [3.05, 3.63) is 52.3 Å². The number of ether oxygens (including phenoxy) is 1. The molecule has 0 saturated carbocycles. The van der Waals surface area contributed by atoms with Crippen molar-refractivity contribution in [2.75, 3.05) is 6.61 Å². The normalized spacial score (nSPS) is 13.6. The highest BCUT2D eigenvalue weighted by Gasteiger charge is 2.26. The molecule has 150 valence electrons. The summed E-state index contributed by atoms with van der Waals surface area (Å²) in [6, 6.07) is 4.00. The van der Waals surface area contributed by atoms with Crippen molar-refractivity contribution in [3.8, 4) is 5.75 Å². The topological polar surface area (TPSA) is 66.8 Å². The fraction of sp³-hybridized carbons (Fsp3) is 0.522. The van der Waals surface area contributed by atoms with Crippen molar-refractivity contribution in [2.24, 2.45) is 0 Å². The van der Waals surface area contributed by atoms with Crippen molar-refractivity contribution in [1.82, 2.24) is 0 Å². The van der Waals surface area contributed by atoms with E-state index < -0.39 is 5.97 Å². The van der Waals surface area contributed by atoms with E-state index in [1.54, 1.807) is 13.8 Å². The van der Waals surface area contributed by atoms with Gasteiger partial charge in [-0.05, 0) is 53.5 Å². The standard InChI is InChI=1S/C23H34O4/c1-15(9-10-16(2)24)21(26)27-12-11-17-13-18(22(3,4)5)20(25)19(14-17)23(6,7)8/h9-10,13-14,24-25H,11-12H2,1-8H3/b15-9+,16-10+. The number of hydrogen-bond donors (Lipinski definition) is 2. The van der Waals surface area contributed by atoms with Crippen LogP contribution in [0.4, 0.5) is 0 Å². The Balaban J connectivity index is 3.00. The maximum absolute atomic E-state index is 12.0. The molecule has 0 unspecified atom stereocenters. The summed E-state index contributed by atoms with van der Waals surface area (Å²) in [4.78, 5) is 12.0. The van der Waals surface area contributed by atoms with Crippen LogP contribution in [0.5, 0.6) is 5.75 Å². The van der Waals surface area contributed by atoms with Gasteiger partial charge in [0.25, 0.3) is 0 Å². The first-order valence-electron chi connectivity index (χ1n) is 9.31. The molecule has 0 spiro atoms. The van der Waals surface area contributed by atoms with Crippen molar-refractivity contribution in [2.45, 2.75) is 72.6 Å². The van der Waals surface area contributed by atoms with E-state index in [-0.39, 0.29) is 23.2 Å². The van der Waals surface area contributed by atoms with E-state index in [2.05, 4.69) is 41.5 Å².